The van der Waals surface area contributed by atoms with Crippen molar-refractivity contribution in [2.45, 2.75) is 17.6 Å². The molecule has 0 spiro atoms. The monoisotopic (exact) mass is 388 g/mol. The average molecular weight is 388 g/mol. The summed E-state index contributed by atoms with van der Waals surface area (Å²) in [5, 5.41) is 0. The maximum absolute atomic E-state index is 14.3. The lowest BCUT2D eigenvalue weighted by Gasteiger charge is -2.24. The number of carbonyl (C=O) groups is 1. The largest absolute Gasteiger partial charge is 0.495 e. The second-order valence-electron chi connectivity index (χ2n) is 5.27. The first-order chi connectivity index (χ1) is 12.1. The number of hydrogen-bond donors (Lipinski definition) is 1. The second-order valence-corrected chi connectivity index (χ2v) is 7.19. The molecule has 0 aliphatic rings. The quantitative estimate of drug-likeness (QED) is 0.851. The van der Waals surface area contributed by atoms with Crippen molar-refractivity contribution in [1.29, 1.82) is 0 Å². The van der Waals surface area contributed by atoms with Crippen molar-refractivity contribution in [3.05, 3.63) is 47.8 Å². The summed E-state index contributed by atoms with van der Waals surface area (Å²) in [7, 11) is -3.73. The van der Waals surface area contributed by atoms with Crippen LogP contribution in [0.2, 0.25) is 0 Å². The summed E-state index contributed by atoms with van der Waals surface area (Å²) in [4.78, 5) is 11.8. The zero-order valence-electron chi connectivity index (χ0n) is 13.7. The van der Waals surface area contributed by atoms with Gasteiger partial charge >= 0.3 is 11.8 Å². The number of nitrogens with two attached hydrogens (primary N) is 1. The van der Waals surface area contributed by atoms with Crippen LogP contribution < -0.4 is 15.4 Å². The third kappa shape index (κ3) is 3.59. The molecular weight excluding hydrogens is 373 g/mol. The summed E-state index contributed by atoms with van der Waals surface area (Å²) in [6.07, 6.45) is 0. The van der Waals surface area contributed by atoms with Crippen LogP contribution in [0.25, 0.3) is 0 Å². The number of urea groups is 1. The van der Waals surface area contributed by atoms with Crippen molar-refractivity contribution in [1.82, 2.24) is 0 Å². The Hall–Kier alpha value is -2.75. The smallest absolute Gasteiger partial charge is 0.341 e. The molecule has 6 nitrogen and oxygen atoms in total. The summed E-state index contributed by atoms with van der Waals surface area (Å²) in [5.41, 5.74) is 5.31. The van der Waals surface area contributed by atoms with E-state index in [1.165, 1.54) is 19.2 Å². The van der Waals surface area contributed by atoms with Gasteiger partial charge in [0.25, 0.3) is 0 Å². The summed E-state index contributed by atoms with van der Waals surface area (Å²) in [5.74, 6) is -4.54. The molecule has 2 aromatic rings. The van der Waals surface area contributed by atoms with Gasteiger partial charge in [-0.15, -0.1) is 0 Å². The van der Waals surface area contributed by atoms with Crippen LogP contribution in [0.15, 0.2) is 41.3 Å². The van der Waals surface area contributed by atoms with Crippen LogP contribution in [0.3, 0.4) is 0 Å². The van der Waals surface area contributed by atoms with Crippen molar-refractivity contribution in [3.63, 3.8) is 0 Å². The molecule has 26 heavy (non-hydrogen) atoms. The Morgan fingerprint density at radius 3 is 2.31 bits per heavy atom. The fraction of sp³-hybridized carbons (Fsp3) is 0.188. The van der Waals surface area contributed by atoms with E-state index in [1.807, 2.05) is 0 Å². The molecular formula is C16H15F3N2O4S. The molecule has 2 rings (SSSR count). The van der Waals surface area contributed by atoms with Gasteiger partial charge in [0, 0.05) is 0 Å². The zero-order chi connectivity index (χ0) is 19.6. The second kappa shape index (κ2) is 7.24. The number of nitrogens with zero attached hydrogens (tertiary/aromatic N) is 1. The van der Waals surface area contributed by atoms with E-state index >= 15 is 0 Å². The highest BCUT2D eigenvalue weighted by Crippen LogP contribution is 2.37. The SMILES string of the molecule is COc1ccc(S(=O)(=O)C(F)F)cc1N(C(N)=O)c1ccc(C)cc1F. The lowest BCUT2D eigenvalue weighted by molar-refractivity contribution is 0.234. The summed E-state index contributed by atoms with van der Waals surface area (Å²) in [6, 6.07) is 5.49. The topological polar surface area (TPSA) is 89.7 Å². The molecule has 0 radical (unpaired) electrons. The highest BCUT2D eigenvalue weighted by atomic mass is 32.2. The predicted molar refractivity (Wildman–Crippen MR) is 89.0 cm³/mol. The Morgan fingerprint density at radius 1 is 1.15 bits per heavy atom. The van der Waals surface area contributed by atoms with E-state index in [4.69, 9.17) is 10.5 Å². The van der Waals surface area contributed by atoms with Gasteiger partial charge in [0.2, 0.25) is 9.84 Å². The van der Waals surface area contributed by atoms with Crippen LogP contribution in [-0.4, -0.2) is 27.3 Å². The molecule has 0 saturated carbocycles. The summed E-state index contributed by atoms with van der Waals surface area (Å²) in [6.45, 7) is 1.62. The third-order valence-electron chi connectivity index (χ3n) is 3.52. The van der Waals surface area contributed by atoms with Crippen molar-refractivity contribution in [2.24, 2.45) is 5.73 Å². The van der Waals surface area contributed by atoms with E-state index in [9.17, 15) is 26.4 Å². The van der Waals surface area contributed by atoms with Crippen LogP contribution in [0.4, 0.5) is 29.3 Å². The van der Waals surface area contributed by atoms with E-state index < -0.39 is 32.3 Å². The molecule has 0 atom stereocenters. The van der Waals surface area contributed by atoms with E-state index in [0.29, 0.717) is 10.5 Å². The zero-order valence-corrected chi connectivity index (χ0v) is 14.6. The third-order valence-corrected chi connectivity index (χ3v) is 4.90. The van der Waals surface area contributed by atoms with E-state index in [0.717, 1.165) is 24.3 Å². The first kappa shape index (κ1) is 19.6. The molecule has 0 heterocycles. The fourth-order valence-electron chi connectivity index (χ4n) is 2.28. The van der Waals surface area contributed by atoms with Crippen molar-refractivity contribution >= 4 is 27.2 Å². The molecule has 10 heteroatoms. The number of primary amides is 1. The highest BCUT2D eigenvalue weighted by Gasteiger charge is 2.30. The maximum atomic E-state index is 14.3. The van der Waals surface area contributed by atoms with Crippen LogP contribution in [0.5, 0.6) is 5.75 Å². The lowest BCUT2D eigenvalue weighted by atomic mass is 10.2. The van der Waals surface area contributed by atoms with E-state index in [2.05, 4.69) is 0 Å². The number of alkyl halides is 2. The Kier molecular flexibility index (Phi) is 5.45. The van der Waals surface area contributed by atoms with Gasteiger partial charge in [0.1, 0.15) is 11.6 Å². The van der Waals surface area contributed by atoms with Gasteiger partial charge in [0.15, 0.2) is 0 Å². The number of carbonyl (C=O) groups excluding carboxylic acids is 1. The lowest BCUT2D eigenvalue weighted by Crippen LogP contribution is -2.32. The minimum Gasteiger partial charge on any atom is -0.495 e. The van der Waals surface area contributed by atoms with Gasteiger partial charge in [-0.05, 0) is 42.8 Å². The van der Waals surface area contributed by atoms with Crippen molar-refractivity contribution in [2.75, 3.05) is 12.0 Å². The van der Waals surface area contributed by atoms with Gasteiger partial charge in [-0.3, -0.25) is 4.90 Å². The Bertz CT molecular complexity index is 949. The molecule has 140 valence electrons. The summed E-state index contributed by atoms with van der Waals surface area (Å²) >= 11 is 0. The first-order valence-corrected chi connectivity index (χ1v) is 8.70. The minimum absolute atomic E-state index is 0.0583. The van der Waals surface area contributed by atoms with Gasteiger partial charge in [-0.25, -0.2) is 17.6 Å². The fourth-order valence-corrected chi connectivity index (χ4v) is 3.02. The van der Waals surface area contributed by atoms with E-state index in [-0.39, 0.29) is 17.1 Å². The number of anilines is 2. The number of methoxy groups -OCH3 is 1. The number of aryl methyl sites for hydroxylation is 1. The Morgan fingerprint density at radius 2 is 1.81 bits per heavy atom. The number of amides is 2. The molecule has 2 aromatic carbocycles. The Balaban J connectivity index is 2.74. The van der Waals surface area contributed by atoms with Crippen LogP contribution in [0.1, 0.15) is 5.56 Å². The molecule has 2 N–H and O–H groups in total. The Labute approximate surface area is 147 Å². The molecule has 0 unspecified atom stereocenters. The normalized spacial score (nSPS) is 11.5. The van der Waals surface area contributed by atoms with Crippen molar-refractivity contribution < 1.29 is 31.1 Å². The van der Waals surface area contributed by atoms with Crippen LogP contribution in [-0.2, 0) is 9.84 Å². The number of ether oxygens (including phenoxy) is 1. The average Bonchev–Trinajstić information content (AvgIpc) is 2.56. The number of sulfone groups is 1. The van der Waals surface area contributed by atoms with Crippen molar-refractivity contribution in [3.8, 4) is 5.75 Å². The number of halogens is 3. The molecule has 0 fully saturated rings. The maximum Gasteiger partial charge on any atom is 0.341 e. The van der Waals surface area contributed by atoms with Gasteiger partial charge in [-0.2, -0.15) is 8.78 Å². The first-order valence-electron chi connectivity index (χ1n) is 7.15. The molecule has 0 aliphatic carbocycles. The standard InChI is InChI=1S/C16H15F3N2O4S/c1-9-3-5-12(11(17)7-9)21(16(20)22)13-8-10(4-6-14(13)25-2)26(23,24)15(18)19/h3-8,15H,1-2H3,(H2,20,22). The molecule has 0 aliphatic heterocycles. The minimum atomic E-state index is -4.94. The molecule has 0 saturated heterocycles. The molecule has 2 amide bonds. The predicted octanol–water partition coefficient (Wildman–Crippen LogP) is 3.36. The van der Waals surface area contributed by atoms with Crippen LogP contribution >= 0.6 is 0 Å². The van der Waals surface area contributed by atoms with Gasteiger partial charge < -0.3 is 10.5 Å². The molecule has 0 bridgehead atoms. The number of hydrogen-bond acceptors (Lipinski definition) is 4. The van der Waals surface area contributed by atoms with Gasteiger partial charge in [0.05, 0.1) is 23.4 Å². The van der Waals surface area contributed by atoms with E-state index in [1.54, 1.807) is 6.92 Å². The van der Waals surface area contributed by atoms with Gasteiger partial charge in [-0.1, -0.05) is 6.07 Å². The highest BCUT2D eigenvalue weighted by molar-refractivity contribution is 7.91. The van der Waals surface area contributed by atoms with Crippen LogP contribution in [0, 0.1) is 12.7 Å². The summed E-state index contributed by atoms with van der Waals surface area (Å²) < 4.78 is 68.4. The molecule has 0 aromatic heterocycles. The number of benzene rings is 2. The number of rotatable bonds is 5.